The molecule has 1 aliphatic rings. The van der Waals surface area contributed by atoms with Crippen LogP contribution >= 0.6 is 0 Å². The third kappa shape index (κ3) is 5.01. The molecule has 0 heterocycles. The van der Waals surface area contributed by atoms with E-state index < -0.39 is 0 Å². The number of hydrogen-bond donors (Lipinski definition) is 1. The van der Waals surface area contributed by atoms with E-state index in [0.29, 0.717) is 6.04 Å². The molecule has 1 N–H and O–H groups in total. The summed E-state index contributed by atoms with van der Waals surface area (Å²) in [6, 6.07) is 8.93. The average Bonchev–Trinajstić information content (AvgIpc) is 2.74. The third-order valence-electron chi connectivity index (χ3n) is 3.98. The average molecular weight is 273 g/mol. The van der Waals surface area contributed by atoms with Gasteiger partial charge in [0.2, 0.25) is 0 Å². The summed E-state index contributed by atoms with van der Waals surface area (Å²) in [4.78, 5) is 0. The monoisotopic (exact) mass is 273 g/mol. The van der Waals surface area contributed by atoms with Gasteiger partial charge in [0, 0.05) is 12.6 Å². The van der Waals surface area contributed by atoms with Crippen LogP contribution in [0.5, 0.6) is 5.75 Å². The number of para-hydroxylation sites is 1. The highest BCUT2D eigenvalue weighted by atomic mass is 16.5. The van der Waals surface area contributed by atoms with Crippen molar-refractivity contribution in [2.24, 2.45) is 0 Å². The summed E-state index contributed by atoms with van der Waals surface area (Å²) >= 11 is 0. The van der Waals surface area contributed by atoms with Gasteiger partial charge < -0.3 is 10.1 Å². The standard InChI is InChI=1S/C18H27NO/c1-2-9-16-10-7-8-13-18(16)20-15-14-19-17-11-5-3-4-6-12-17/h2,7-8,10,13,17,19H,1,3-6,9,11-12,14-15H2. The summed E-state index contributed by atoms with van der Waals surface area (Å²) in [6.45, 7) is 5.47. The number of rotatable bonds is 7. The molecule has 2 heteroatoms. The predicted octanol–water partition coefficient (Wildman–Crippen LogP) is 4.11. The maximum absolute atomic E-state index is 5.90. The Morgan fingerprint density at radius 2 is 1.90 bits per heavy atom. The molecule has 0 spiro atoms. The fourth-order valence-corrected chi connectivity index (χ4v) is 2.88. The molecule has 20 heavy (non-hydrogen) atoms. The van der Waals surface area contributed by atoms with Crippen molar-refractivity contribution >= 4 is 0 Å². The summed E-state index contributed by atoms with van der Waals surface area (Å²) in [5, 5.41) is 3.64. The van der Waals surface area contributed by atoms with Crippen LogP contribution < -0.4 is 10.1 Å². The van der Waals surface area contributed by atoms with E-state index in [-0.39, 0.29) is 0 Å². The molecule has 1 saturated carbocycles. The molecule has 0 aliphatic heterocycles. The molecule has 1 fully saturated rings. The van der Waals surface area contributed by atoms with Gasteiger partial charge in [-0.2, -0.15) is 0 Å². The van der Waals surface area contributed by atoms with Crippen LogP contribution in [0.4, 0.5) is 0 Å². The first-order chi connectivity index (χ1) is 9.90. The number of benzene rings is 1. The molecule has 0 atom stereocenters. The van der Waals surface area contributed by atoms with Crippen LogP contribution in [0.15, 0.2) is 36.9 Å². The van der Waals surface area contributed by atoms with Gasteiger partial charge in [-0.1, -0.05) is 50.0 Å². The minimum absolute atomic E-state index is 0.699. The molecule has 2 rings (SSSR count). The summed E-state index contributed by atoms with van der Waals surface area (Å²) in [5.41, 5.74) is 1.22. The maximum atomic E-state index is 5.90. The lowest BCUT2D eigenvalue weighted by Crippen LogP contribution is -2.32. The van der Waals surface area contributed by atoms with E-state index in [0.717, 1.165) is 25.3 Å². The van der Waals surface area contributed by atoms with E-state index in [1.807, 2.05) is 18.2 Å². The SMILES string of the molecule is C=CCc1ccccc1OCCNC1CCCCCC1. The Hall–Kier alpha value is -1.28. The molecule has 1 aromatic carbocycles. The van der Waals surface area contributed by atoms with Gasteiger partial charge in [-0.3, -0.25) is 0 Å². The van der Waals surface area contributed by atoms with Crippen LogP contribution in [0.25, 0.3) is 0 Å². The van der Waals surface area contributed by atoms with Crippen molar-refractivity contribution in [1.82, 2.24) is 5.32 Å². The lowest BCUT2D eigenvalue weighted by Gasteiger charge is -2.17. The van der Waals surface area contributed by atoms with E-state index in [2.05, 4.69) is 24.0 Å². The first-order valence-electron chi connectivity index (χ1n) is 7.95. The molecule has 0 bridgehead atoms. The van der Waals surface area contributed by atoms with Crippen molar-refractivity contribution in [3.05, 3.63) is 42.5 Å². The first-order valence-corrected chi connectivity index (χ1v) is 7.95. The zero-order valence-electron chi connectivity index (χ0n) is 12.4. The first kappa shape index (κ1) is 15.1. The number of ether oxygens (including phenoxy) is 1. The highest BCUT2D eigenvalue weighted by Gasteiger charge is 2.11. The van der Waals surface area contributed by atoms with Crippen molar-refractivity contribution in [2.75, 3.05) is 13.2 Å². The van der Waals surface area contributed by atoms with Gasteiger partial charge in [0.25, 0.3) is 0 Å². The molecule has 2 nitrogen and oxygen atoms in total. The molecular formula is C18H27NO. The van der Waals surface area contributed by atoms with Crippen LogP contribution in [0.3, 0.4) is 0 Å². The molecule has 0 unspecified atom stereocenters. The van der Waals surface area contributed by atoms with Crippen LogP contribution in [0, 0.1) is 0 Å². The Balaban J connectivity index is 1.71. The molecular weight excluding hydrogens is 246 g/mol. The van der Waals surface area contributed by atoms with Crippen molar-refractivity contribution in [1.29, 1.82) is 0 Å². The molecule has 0 saturated heterocycles. The van der Waals surface area contributed by atoms with Crippen LogP contribution in [-0.4, -0.2) is 19.2 Å². The van der Waals surface area contributed by atoms with Crippen molar-refractivity contribution in [3.63, 3.8) is 0 Å². The molecule has 1 aliphatic carbocycles. The van der Waals surface area contributed by atoms with E-state index in [9.17, 15) is 0 Å². The van der Waals surface area contributed by atoms with Gasteiger partial charge in [0.05, 0.1) is 0 Å². The van der Waals surface area contributed by atoms with Gasteiger partial charge in [-0.05, 0) is 30.9 Å². The van der Waals surface area contributed by atoms with E-state index in [4.69, 9.17) is 4.74 Å². The van der Waals surface area contributed by atoms with E-state index in [1.54, 1.807) is 0 Å². The molecule has 0 aromatic heterocycles. The second-order valence-electron chi connectivity index (χ2n) is 5.59. The van der Waals surface area contributed by atoms with Gasteiger partial charge >= 0.3 is 0 Å². The fraction of sp³-hybridized carbons (Fsp3) is 0.556. The number of nitrogens with one attached hydrogen (secondary N) is 1. The van der Waals surface area contributed by atoms with E-state index >= 15 is 0 Å². The van der Waals surface area contributed by atoms with Gasteiger partial charge in [-0.15, -0.1) is 6.58 Å². The Kier molecular flexibility index (Phi) is 6.65. The Bertz CT molecular complexity index is 394. The largest absolute Gasteiger partial charge is 0.492 e. The Labute approximate surface area is 123 Å². The molecule has 0 radical (unpaired) electrons. The van der Waals surface area contributed by atoms with Crippen LogP contribution in [-0.2, 0) is 6.42 Å². The minimum atomic E-state index is 0.699. The molecule has 1 aromatic rings. The number of allylic oxidation sites excluding steroid dienone is 1. The lowest BCUT2D eigenvalue weighted by atomic mass is 10.1. The molecule has 110 valence electrons. The predicted molar refractivity (Wildman–Crippen MR) is 85.3 cm³/mol. The Morgan fingerprint density at radius 1 is 1.15 bits per heavy atom. The summed E-state index contributed by atoms with van der Waals surface area (Å²) in [5.74, 6) is 0.995. The minimum Gasteiger partial charge on any atom is -0.492 e. The maximum Gasteiger partial charge on any atom is 0.122 e. The quantitative estimate of drug-likeness (QED) is 0.458. The topological polar surface area (TPSA) is 21.3 Å². The lowest BCUT2D eigenvalue weighted by molar-refractivity contribution is 0.298. The third-order valence-corrected chi connectivity index (χ3v) is 3.98. The fourth-order valence-electron chi connectivity index (χ4n) is 2.88. The normalized spacial score (nSPS) is 16.6. The van der Waals surface area contributed by atoms with Crippen LogP contribution in [0.2, 0.25) is 0 Å². The summed E-state index contributed by atoms with van der Waals surface area (Å²) in [7, 11) is 0. The smallest absolute Gasteiger partial charge is 0.122 e. The van der Waals surface area contributed by atoms with Gasteiger partial charge in [0.1, 0.15) is 12.4 Å². The highest BCUT2D eigenvalue weighted by Crippen LogP contribution is 2.19. The zero-order chi connectivity index (χ0) is 14.0. The van der Waals surface area contributed by atoms with Crippen molar-refractivity contribution < 1.29 is 4.74 Å². The van der Waals surface area contributed by atoms with E-state index in [1.165, 1.54) is 44.1 Å². The summed E-state index contributed by atoms with van der Waals surface area (Å²) < 4.78 is 5.90. The second kappa shape index (κ2) is 8.80. The highest BCUT2D eigenvalue weighted by molar-refractivity contribution is 5.34. The van der Waals surface area contributed by atoms with Gasteiger partial charge in [-0.25, -0.2) is 0 Å². The van der Waals surface area contributed by atoms with Crippen LogP contribution in [0.1, 0.15) is 44.1 Å². The van der Waals surface area contributed by atoms with Gasteiger partial charge in [0.15, 0.2) is 0 Å². The summed E-state index contributed by atoms with van der Waals surface area (Å²) in [6.07, 6.45) is 11.0. The second-order valence-corrected chi connectivity index (χ2v) is 5.59. The van der Waals surface area contributed by atoms with Crippen molar-refractivity contribution in [3.8, 4) is 5.75 Å². The van der Waals surface area contributed by atoms with Crippen molar-refractivity contribution in [2.45, 2.75) is 51.0 Å². The number of hydrogen-bond acceptors (Lipinski definition) is 2. The zero-order valence-corrected chi connectivity index (χ0v) is 12.4. The molecule has 0 amide bonds. The Morgan fingerprint density at radius 3 is 2.65 bits per heavy atom.